The molecule has 3 aromatic rings. The monoisotopic (exact) mass is 307 g/mol. The third-order valence-corrected chi connectivity index (χ3v) is 3.99. The van der Waals surface area contributed by atoms with Gasteiger partial charge in [0.15, 0.2) is 0 Å². The normalized spacial score (nSPS) is 15.5. The van der Waals surface area contributed by atoms with Crippen LogP contribution in [-0.4, -0.2) is 16.2 Å². The van der Waals surface area contributed by atoms with E-state index in [4.69, 9.17) is 9.84 Å². The largest absolute Gasteiger partial charge is 0.485 e. The number of para-hydroxylation sites is 1. The van der Waals surface area contributed by atoms with Gasteiger partial charge in [0.25, 0.3) is 0 Å². The first-order valence-electron chi connectivity index (χ1n) is 7.74. The Morgan fingerprint density at radius 3 is 2.83 bits per heavy atom. The number of hydrogen-bond donors (Lipinski definition) is 2. The van der Waals surface area contributed by atoms with Crippen molar-refractivity contribution in [2.75, 3.05) is 0 Å². The molecule has 0 bridgehead atoms. The second kappa shape index (κ2) is 6.71. The Kier molecular flexibility index (Phi) is 4.49. The van der Waals surface area contributed by atoms with Gasteiger partial charge in [0.2, 0.25) is 0 Å². The predicted octanol–water partition coefficient (Wildman–Crippen LogP) is 4.23. The minimum Gasteiger partial charge on any atom is -0.485 e. The van der Waals surface area contributed by atoms with E-state index in [0.29, 0.717) is 0 Å². The summed E-state index contributed by atoms with van der Waals surface area (Å²) in [5, 5.41) is 10.3. The van der Waals surface area contributed by atoms with Crippen LogP contribution in [0, 0.1) is 0 Å². The zero-order chi connectivity index (χ0) is 16.2. The number of fused-ring (bicyclic) bond motifs is 2. The van der Waals surface area contributed by atoms with Gasteiger partial charge in [0.1, 0.15) is 11.9 Å². The van der Waals surface area contributed by atoms with E-state index in [1.54, 1.807) is 0 Å². The van der Waals surface area contributed by atoms with Gasteiger partial charge in [-0.3, -0.25) is 0 Å². The van der Waals surface area contributed by atoms with Gasteiger partial charge in [0.05, 0.1) is 6.61 Å². The summed E-state index contributed by atoms with van der Waals surface area (Å²) >= 11 is 0. The number of hydrogen-bond acceptors (Lipinski definition) is 2. The van der Waals surface area contributed by atoms with E-state index in [1.165, 1.54) is 16.5 Å². The van der Waals surface area contributed by atoms with E-state index in [0.717, 1.165) is 23.3 Å². The summed E-state index contributed by atoms with van der Waals surface area (Å²) in [6.07, 6.45) is 2.93. The lowest BCUT2D eigenvalue weighted by Crippen LogP contribution is -2.13. The summed E-state index contributed by atoms with van der Waals surface area (Å²) in [4.78, 5) is 3.12. The van der Waals surface area contributed by atoms with Crippen LogP contribution in [0.4, 0.5) is 0 Å². The minimum atomic E-state index is 0.0883. The van der Waals surface area contributed by atoms with Crippen molar-refractivity contribution in [3.05, 3.63) is 78.0 Å². The Hall–Kier alpha value is -2.52. The highest BCUT2D eigenvalue weighted by atomic mass is 16.5. The fourth-order valence-electron chi connectivity index (χ4n) is 2.67. The molecule has 1 aromatic heterocycles. The van der Waals surface area contributed by atoms with E-state index in [9.17, 15) is 0 Å². The van der Waals surface area contributed by atoms with Gasteiger partial charge in [-0.1, -0.05) is 30.8 Å². The van der Waals surface area contributed by atoms with E-state index in [-0.39, 0.29) is 12.7 Å². The first-order chi connectivity index (χ1) is 11.2. The molecule has 1 aliphatic rings. The van der Waals surface area contributed by atoms with Crippen molar-refractivity contribution < 1.29 is 9.84 Å². The summed E-state index contributed by atoms with van der Waals surface area (Å²) in [5.74, 6) is 0.926. The average Bonchev–Trinajstić information content (AvgIpc) is 3.21. The molecule has 1 aliphatic heterocycles. The van der Waals surface area contributed by atoms with Crippen LogP contribution in [0.1, 0.15) is 18.1 Å². The molecule has 3 heteroatoms. The van der Waals surface area contributed by atoms with Gasteiger partial charge in [-0.25, -0.2) is 0 Å². The number of rotatable bonds is 2. The second-order valence-corrected chi connectivity index (χ2v) is 5.82. The van der Waals surface area contributed by atoms with Crippen molar-refractivity contribution in [1.82, 2.24) is 4.98 Å². The molecule has 2 N–H and O–H groups in total. The third kappa shape index (κ3) is 3.46. The zero-order valence-electron chi connectivity index (χ0n) is 13.3. The molecule has 118 valence electrons. The molecule has 2 aromatic carbocycles. The van der Waals surface area contributed by atoms with Crippen molar-refractivity contribution in [3.8, 4) is 5.75 Å². The lowest BCUT2D eigenvalue weighted by atomic mass is 10.0. The van der Waals surface area contributed by atoms with Gasteiger partial charge < -0.3 is 14.8 Å². The zero-order valence-corrected chi connectivity index (χ0v) is 13.3. The van der Waals surface area contributed by atoms with Gasteiger partial charge in [-0.15, -0.1) is 0 Å². The molecule has 3 nitrogen and oxygen atoms in total. The third-order valence-electron chi connectivity index (χ3n) is 3.99. The fourth-order valence-corrected chi connectivity index (χ4v) is 2.67. The summed E-state index contributed by atoms with van der Waals surface area (Å²) < 4.78 is 5.69. The topological polar surface area (TPSA) is 45.2 Å². The lowest BCUT2D eigenvalue weighted by Gasteiger charge is -2.08. The van der Waals surface area contributed by atoms with Crippen molar-refractivity contribution >= 4 is 10.9 Å². The Bertz CT molecular complexity index is 789. The molecule has 0 amide bonds. The minimum absolute atomic E-state index is 0.0883. The number of aromatic nitrogens is 1. The molecule has 4 rings (SSSR count). The number of aromatic amines is 1. The molecule has 0 fully saturated rings. The van der Waals surface area contributed by atoms with Crippen LogP contribution in [0.2, 0.25) is 0 Å². The van der Waals surface area contributed by atoms with E-state index >= 15 is 0 Å². The first-order valence-corrected chi connectivity index (χ1v) is 7.74. The van der Waals surface area contributed by atoms with Crippen molar-refractivity contribution in [1.29, 1.82) is 0 Å². The van der Waals surface area contributed by atoms with Crippen LogP contribution in [0.15, 0.2) is 66.9 Å². The van der Waals surface area contributed by atoms with Crippen LogP contribution in [0.5, 0.6) is 5.75 Å². The molecule has 0 saturated carbocycles. The van der Waals surface area contributed by atoms with Crippen LogP contribution in [-0.2, 0) is 13.0 Å². The summed E-state index contributed by atoms with van der Waals surface area (Å²) in [7, 11) is 0. The molecule has 1 atom stereocenters. The van der Waals surface area contributed by atoms with Gasteiger partial charge in [0, 0.05) is 18.1 Å². The van der Waals surface area contributed by atoms with Crippen LogP contribution in [0.3, 0.4) is 0 Å². The van der Waals surface area contributed by atoms with Crippen LogP contribution < -0.4 is 4.74 Å². The number of ether oxygens (including phenoxy) is 1. The van der Waals surface area contributed by atoms with Crippen molar-refractivity contribution in [2.24, 2.45) is 0 Å². The number of benzene rings is 2. The van der Waals surface area contributed by atoms with Gasteiger partial charge >= 0.3 is 0 Å². The number of nitrogens with one attached hydrogen (secondary N) is 1. The highest BCUT2D eigenvalue weighted by molar-refractivity contribution is 5.78. The molecular weight excluding hydrogens is 286 g/mol. The standard InChI is InChI=1S/C12H14O2.C8H7N/c1-8(2)12-6-10-5-9(7-13)3-4-11(10)14-12;1-2-4-8-7(3-1)5-6-9-8/h3-5,12-13H,1,6-7H2,2H3;1-6,9H. The summed E-state index contributed by atoms with van der Waals surface area (Å²) in [6.45, 7) is 5.95. The van der Waals surface area contributed by atoms with Gasteiger partial charge in [-0.2, -0.15) is 0 Å². The fraction of sp³-hybridized carbons (Fsp3) is 0.200. The number of aliphatic hydroxyl groups excluding tert-OH is 1. The Labute approximate surface area is 136 Å². The van der Waals surface area contributed by atoms with Gasteiger partial charge in [-0.05, 0) is 53.3 Å². The molecule has 0 spiro atoms. The van der Waals surface area contributed by atoms with Crippen molar-refractivity contribution in [3.63, 3.8) is 0 Å². The number of aliphatic hydroxyl groups is 1. The quantitative estimate of drug-likeness (QED) is 0.696. The predicted molar refractivity (Wildman–Crippen MR) is 93.6 cm³/mol. The molecule has 0 saturated heterocycles. The molecule has 2 heterocycles. The summed E-state index contributed by atoms with van der Waals surface area (Å²) in [5.41, 5.74) is 4.36. The van der Waals surface area contributed by atoms with E-state index in [1.807, 2.05) is 43.5 Å². The molecule has 1 unspecified atom stereocenters. The highest BCUT2D eigenvalue weighted by Crippen LogP contribution is 2.31. The first kappa shape index (κ1) is 15.4. The molecule has 0 aliphatic carbocycles. The summed E-state index contributed by atoms with van der Waals surface area (Å²) in [6, 6.07) is 16.1. The second-order valence-electron chi connectivity index (χ2n) is 5.82. The smallest absolute Gasteiger partial charge is 0.123 e. The SMILES string of the molecule is C=C(C)C1Cc2cc(CO)ccc2O1.c1ccc2[nH]ccc2c1. The Morgan fingerprint density at radius 2 is 2.09 bits per heavy atom. The molecular formula is C20H21NO2. The van der Waals surface area contributed by atoms with Crippen LogP contribution >= 0.6 is 0 Å². The Morgan fingerprint density at radius 1 is 1.26 bits per heavy atom. The van der Waals surface area contributed by atoms with E-state index in [2.05, 4.69) is 29.8 Å². The van der Waals surface area contributed by atoms with Crippen LogP contribution in [0.25, 0.3) is 10.9 Å². The maximum atomic E-state index is 8.99. The Balaban J connectivity index is 0.000000149. The molecule has 23 heavy (non-hydrogen) atoms. The maximum Gasteiger partial charge on any atom is 0.123 e. The maximum absolute atomic E-state index is 8.99. The highest BCUT2D eigenvalue weighted by Gasteiger charge is 2.23. The number of H-pyrrole nitrogens is 1. The van der Waals surface area contributed by atoms with Crippen molar-refractivity contribution in [2.45, 2.75) is 26.1 Å². The lowest BCUT2D eigenvalue weighted by molar-refractivity contribution is 0.270. The molecule has 0 radical (unpaired) electrons. The van der Waals surface area contributed by atoms with E-state index < -0.39 is 0 Å². The average molecular weight is 307 g/mol.